The second-order valence-corrected chi connectivity index (χ2v) is 9.84. The molecule has 0 amide bonds. The number of rotatable bonds is 4. The summed E-state index contributed by atoms with van der Waals surface area (Å²) < 4.78 is 2.07. The van der Waals surface area contributed by atoms with E-state index in [4.69, 9.17) is 10.1 Å². The van der Waals surface area contributed by atoms with Gasteiger partial charge in [-0.1, -0.05) is 58.9 Å². The van der Waals surface area contributed by atoms with Crippen molar-refractivity contribution in [2.45, 2.75) is 72.9 Å². The maximum absolute atomic E-state index is 4.91. The van der Waals surface area contributed by atoms with Crippen LogP contribution in [0.3, 0.4) is 0 Å². The molecule has 4 heteroatoms. The average molecular weight is 355 g/mol. The van der Waals surface area contributed by atoms with Gasteiger partial charge in [0, 0.05) is 18.2 Å². The van der Waals surface area contributed by atoms with Crippen LogP contribution in [0.15, 0.2) is 24.3 Å². The molecule has 1 aliphatic rings. The van der Waals surface area contributed by atoms with Crippen LogP contribution in [-0.2, 0) is 12.0 Å². The van der Waals surface area contributed by atoms with E-state index in [9.17, 15) is 0 Å². The van der Waals surface area contributed by atoms with Gasteiger partial charge in [-0.2, -0.15) is 5.10 Å². The molecule has 0 radical (unpaired) electrons. The van der Waals surface area contributed by atoms with Gasteiger partial charge in [0.1, 0.15) is 0 Å². The van der Waals surface area contributed by atoms with E-state index in [1.165, 1.54) is 12.0 Å². The van der Waals surface area contributed by atoms with E-state index in [1.807, 2.05) is 0 Å². The zero-order valence-corrected chi connectivity index (χ0v) is 17.5. The molecule has 26 heavy (non-hydrogen) atoms. The number of hydrogen-bond donors (Lipinski definition) is 0. The maximum Gasteiger partial charge on any atom is 0.165 e. The normalized spacial score (nSPS) is 18.0. The summed E-state index contributed by atoms with van der Waals surface area (Å²) in [6.45, 7) is 18.9. The van der Waals surface area contributed by atoms with E-state index < -0.39 is 0 Å². The van der Waals surface area contributed by atoms with Crippen molar-refractivity contribution in [1.82, 2.24) is 19.7 Å². The smallest absolute Gasteiger partial charge is 0.165 e. The quantitative estimate of drug-likeness (QED) is 0.770. The van der Waals surface area contributed by atoms with Crippen molar-refractivity contribution in [2.24, 2.45) is 5.41 Å². The summed E-state index contributed by atoms with van der Waals surface area (Å²) >= 11 is 0. The Hall–Kier alpha value is -1.68. The summed E-state index contributed by atoms with van der Waals surface area (Å²) in [6, 6.07) is 9.11. The minimum atomic E-state index is 0.165. The Balaban J connectivity index is 1.86. The van der Waals surface area contributed by atoms with Gasteiger partial charge in [-0.3, -0.25) is 4.90 Å². The van der Waals surface area contributed by atoms with Crippen LogP contribution >= 0.6 is 0 Å². The minimum absolute atomic E-state index is 0.165. The summed E-state index contributed by atoms with van der Waals surface area (Å²) in [7, 11) is 0. The molecule has 142 valence electrons. The third-order valence-corrected chi connectivity index (χ3v) is 5.29. The Bertz CT molecular complexity index is 747. The third-order valence-electron chi connectivity index (χ3n) is 5.29. The summed E-state index contributed by atoms with van der Waals surface area (Å²) in [5, 5.41) is 4.83. The van der Waals surface area contributed by atoms with Crippen molar-refractivity contribution in [3.8, 4) is 11.4 Å². The van der Waals surface area contributed by atoms with Crippen molar-refractivity contribution < 1.29 is 0 Å². The van der Waals surface area contributed by atoms with Crippen LogP contribution in [0.2, 0.25) is 0 Å². The number of benzene rings is 1. The largest absolute Gasteiger partial charge is 0.295 e. The maximum atomic E-state index is 4.91. The lowest BCUT2D eigenvalue weighted by Crippen LogP contribution is -2.23. The van der Waals surface area contributed by atoms with Crippen molar-refractivity contribution in [3.05, 3.63) is 35.7 Å². The summed E-state index contributed by atoms with van der Waals surface area (Å²) in [4.78, 5) is 7.39. The van der Waals surface area contributed by atoms with Gasteiger partial charge in [-0.25, -0.2) is 9.67 Å². The second kappa shape index (κ2) is 6.80. The summed E-state index contributed by atoms with van der Waals surface area (Å²) in [6.07, 6.45) is 1.25. The number of likely N-dealkylation sites (tertiary alicyclic amines) is 1. The first-order chi connectivity index (χ1) is 12.0. The first-order valence-electron chi connectivity index (χ1n) is 9.84. The van der Waals surface area contributed by atoms with Crippen molar-refractivity contribution >= 4 is 0 Å². The van der Waals surface area contributed by atoms with E-state index in [2.05, 4.69) is 82.3 Å². The molecule has 0 spiro atoms. The SMILES string of the molecule is CC(C)n1nc(CN2CCC(C)(C)C2)nc1-c1ccc(C(C)(C)C)cc1. The Labute approximate surface area is 158 Å². The van der Waals surface area contributed by atoms with Gasteiger partial charge in [-0.05, 0) is 43.2 Å². The van der Waals surface area contributed by atoms with Crippen LogP contribution in [0.4, 0.5) is 0 Å². The predicted octanol–water partition coefficient (Wildman–Crippen LogP) is 5.06. The van der Waals surface area contributed by atoms with E-state index >= 15 is 0 Å². The first kappa shape index (κ1) is 19.1. The van der Waals surface area contributed by atoms with Gasteiger partial charge in [0.05, 0.1) is 6.54 Å². The number of hydrogen-bond acceptors (Lipinski definition) is 3. The molecule has 1 saturated heterocycles. The van der Waals surface area contributed by atoms with E-state index in [1.54, 1.807) is 0 Å². The number of aromatic nitrogens is 3. The highest BCUT2D eigenvalue weighted by Crippen LogP contribution is 2.30. The van der Waals surface area contributed by atoms with Gasteiger partial charge in [0.15, 0.2) is 11.6 Å². The Morgan fingerprint density at radius 1 is 1.12 bits per heavy atom. The van der Waals surface area contributed by atoms with E-state index in [-0.39, 0.29) is 5.41 Å². The average Bonchev–Trinajstić information content (AvgIpc) is 3.10. The topological polar surface area (TPSA) is 34.0 Å². The monoisotopic (exact) mass is 354 g/mol. The molecule has 0 saturated carbocycles. The summed E-state index contributed by atoms with van der Waals surface area (Å²) in [5.74, 6) is 1.92. The van der Waals surface area contributed by atoms with E-state index in [0.29, 0.717) is 11.5 Å². The number of nitrogens with zero attached hydrogens (tertiary/aromatic N) is 4. The second-order valence-electron chi connectivity index (χ2n) is 9.84. The molecule has 2 heterocycles. The highest BCUT2D eigenvalue weighted by Gasteiger charge is 2.30. The molecule has 0 atom stereocenters. The van der Waals surface area contributed by atoms with Gasteiger partial charge in [0.2, 0.25) is 0 Å². The molecule has 0 bridgehead atoms. The van der Waals surface area contributed by atoms with Gasteiger partial charge in [-0.15, -0.1) is 0 Å². The van der Waals surface area contributed by atoms with Crippen LogP contribution in [-0.4, -0.2) is 32.8 Å². The van der Waals surface area contributed by atoms with Crippen LogP contribution in [0.5, 0.6) is 0 Å². The summed E-state index contributed by atoms with van der Waals surface area (Å²) in [5.41, 5.74) is 3.06. The van der Waals surface area contributed by atoms with Crippen LogP contribution in [0.1, 0.15) is 72.3 Å². The van der Waals surface area contributed by atoms with Crippen LogP contribution in [0, 0.1) is 5.41 Å². The lowest BCUT2D eigenvalue weighted by atomic mass is 9.87. The predicted molar refractivity (Wildman–Crippen MR) is 108 cm³/mol. The fraction of sp³-hybridized carbons (Fsp3) is 0.636. The third kappa shape index (κ3) is 4.17. The lowest BCUT2D eigenvalue weighted by Gasteiger charge is -2.19. The van der Waals surface area contributed by atoms with Gasteiger partial charge >= 0.3 is 0 Å². The highest BCUT2D eigenvalue weighted by atomic mass is 15.4. The molecule has 0 aliphatic carbocycles. The fourth-order valence-corrected chi connectivity index (χ4v) is 3.67. The molecule has 4 nitrogen and oxygen atoms in total. The van der Waals surface area contributed by atoms with Gasteiger partial charge in [0.25, 0.3) is 0 Å². The van der Waals surface area contributed by atoms with Crippen LogP contribution in [0.25, 0.3) is 11.4 Å². The molecule has 2 aromatic rings. The Morgan fingerprint density at radius 2 is 1.77 bits per heavy atom. The van der Waals surface area contributed by atoms with Gasteiger partial charge < -0.3 is 0 Å². The molecule has 1 aromatic heterocycles. The van der Waals surface area contributed by atoms with Crippen molar-refractivity contribution in [2.75, 3.05) is 13.1 Å². The van der Waals surface area contributed by atoms with E-state index in [0.717, 1.165) is 36.8 Å². The minimum Gasteiger partial charge on any atom is -0.295 e. The molecule has 3 rings (SSSR count). The fourth-order valence-electron chi connectivity index (χ4n) is 3.67. The van der Waals surface area contributed by atoms with Crippen LogP contribution < -0.4 is 0 Å². The Kier molecular flexibility index (Phi) is 5.00. The molecular formula is C22H34N4. The lowest BCUT2D eigenvalue weighted by molar-refractivity contribution is 0.278. The standard InChI is InChI=1S/C22H34N4/c1-16(2)26-20(17-8-10-18(11-9-17)21(3,4)5)23-19(24-26)14-25-13-12-22(6,7)15-25/h8-11,16H,12-15H2,1-7H3. The molecule has 1 fully saturated rings. The zero-order valence-electron chi connectivity index (χ0n) is 17.5. The Morgan fingerprint density at radius 3 is 2.27 bits per heavy atom. The molecule has 0 N–H and O–H groups in total. The zero-order chi connectivity index (χ0) is 19.1. The van der Waals surface area contributed by atoms with Crippen molar-refractivity contribution in [1.29, 1.82) is 0 Å². The molecular weight excluding hydrogens is 320 g/mol. The molecule has 1 aromatic carbocycles. The molecule has 1 aliphatic heterocycles. The first-order valence-corrected chi connectivity index (χ1v) is 9.84. The molecule has 0 unspecified atom stereocenters. The van der Waals surface area contributed by atoms with Crippen molar-refractivity contribution in [3.63, 3.8) is 0 Å². The highest BCUT2D eigenvalue weighted by molar-refractivity contribution is 5.56.